The standard InChI is InChI=1S/C22H20N2O/c1-13(25)14-9-10-21-18(11-14)15-6-4-7-17(15)22(24-21)19-12-23-20-8-3-2-5-16(19)20/h2-6,8-12,15,17,22-24H,7H2,1H3. The molecule has 2 heterocycles. The average molecular weight is 328 g/mol. The van der Waals surface area contributed by atoms with E-state index in [0.29, 0.717) is 11.8 Å². The Kier molecular flexibility index (Phi) is 3.11. The lowest BCUT2D eigenvalue weighted by Crippen LogP contribution is -2.29. The molecule has 3 heteroatoms. The zero-order valence-corrected chi connectivity index (χ0v) is 14.1. The van der Waals surface area contributed by atoms with E-state index in [-0.39, 0.29) is 11.8 Å². The predicted molar refractivity (Wildman–Crippen MR) is 101 cm³/mol. The second-order valence-corrected chi connectivity index (χ2v) is 7.12. The van der Waals surface area contributed by atoms with Crippen LogP contribution in [0.3, 0.4) is 0 Å². The molecule has 1 aromatic heterocycles. The number of rotatable bonds is 2. The molecule has 1 aliphatic heterocycles. The van der Waals surface area contributed by atoms with Crippen molar-refractivity contribution < 1.29 is 4.79 Å². The molecule has 0 fully saturated rings. The highest BCUT2D eigenvalue weighted by Gasteiger charge is 2.38. The van der Waals surface area contributed by atoms with Crippen LogP contribution >= 0.6 is 0 Å². The molecule has 3 unspecified atom stereocenters. The van der Waals surface area contributed by atoms with Gasteiger partial charge in [0.05, 0.1) is 6.04 Å². The number of Topliss-reactive ketones (excluding diaryl/α,β-unsaturated/α-hetero) is 1. The molecule has 3 aromatic rings. The number of para-hydroxylation sites is 1. The smallest absolute Gasteiger partial charge is 0.159 e. The van der Waals surface area contributed by atoms with E-state index in [9.17, 15) is 4.79 Å². The molecule has 2 aliphatic rings. The molecule has 0 spiro atoms. The topological polar surface area (TPSA) is 44.9 Å². The summed E-state index contributed by atoms with van der Waals surface area (Å²) in [5, 5.41) is 5.04. The molecular weight excluding hydrogens is 308 g/mol. The Morgan fingerprint density at radius 1 is 1.12 bits per heavy atom. The Bertz CT molecular complexity index is 1010. The third-order valence-electron chi connectivity index (χ3n) is 5.73. The lowest BCUT2D eigenvalue weighted by molar-refractivity contribution is 0.101. The second-order valence-electron chi connectivity index (χ2n) is 7.12. The molecule has 0 saturated carbocycles. The van der Waals surface area contributed by atoms with Crippen molar-refractivity contribution in [2.45, 2.75) is 25.3 Å². The molecule has 0 amide bonds. The van der Waals surface area contributed by atoms with E-state index in [1.807, 2.05) is 6.07 Å². The maximum atomic E-state index is 11.8. The molecule has 2 aromatic carbocycles. The van der Waals surface area contributed by atoms with Crippen molar-refractivity contribution in [1.29, 1.82) is 0 Å². The molecular formula is C22H20N2O. The molecule has 0 radical (unpaired) electrons. The Hall–Kier alpha value is -2.81. The van der Waals surface area contributed by atoms with Gasteiger partial charge in [0.15, 0.2) is 5.78 Å². The van der Waals surface area contributed by atoms with Crippen LogP contribution in [0.4, 0.5) is 5.69 Å². The third kappa shape index (κ3) is 2.15. The van der Waals surface area contributed by atoms with Crippen LogP contribution in [0.15, 0.2) is 60.8 Å². The van der Waals surface area contributed by atoms with Crippen LogP contribution in [0.1, 0.15) is 46.8 Å². The predicted octanol–water partition coefficient (Wildman–Crippen LogP) is 5.20. The first-order chi connectivity index (χ1) is 12.2. The number of carbonyl (C=O) groups excluding carboxylic acids is 1. The Labute approximate surface area is 146 Å². The fourth-order valence-electron chi connectivity index (χ4n) is 4.47. The number of benzene rings is 2. The van der Waals surface area contributed by atoms with Crippen LogP contribution < -0.4 is 5.32 Å². The normalized spacial score (nSPS) is 24.0. The van der Waals surface area contributed by atoms with E-state index in [2.05, 4.69) is 65.0 Å². The van der Waals surface area contributed by atoms with Gasteiger partial charge in [0.25, 0.3) is 0 Å². The number of allylic oxidation sites excluding steroid dienone is 2. The highest BCUT2D eigenvalue weighted by Crippen LogP contribution is 2.50. The van der Waals surface area contributed by atoms with Crippen LogP contribution in [0.25, 0.3) is 10.9 Å². The van der Waals surface area contributed by atoms with E-state index in [1.54, 1.807) is 6.92 Å². The fourth-order valence-corrected chi connectivity index (χ4v) is 4.47. The third-order valence-corrected chi connectivity index (χ3v) is 5.73. The van der Waals surface area contributed by atoms with E-state index < -0.39 is 0 Å². The summed E-state index contributed by atoms with van der Waals surface area (Å²) in [7, 11) is 0. The SMILES string of the molecule is CC(=O)c1ccc2c(c1)C1C=CCC1C(c1c[nH]c3ccccc13)N2. The highest BCUT2D eigenvalue weighted by molar-refractivity contribution is 5.95. The monoisotopic (exact) mass is 328 g/mol. The molecule has 2 N–H and O–H groups in total. The summed E-state index contributed by atoms with van der Waals surface area (Å²) in [5.74, 6) is 0.975. The van der Waals surface area contributed by atoms with Gasteiger partial charge in [0, 0.05) is 34.3 Å². The number of aromatic nitrogens is 1. The summed E-state index contributed by atoms with van der Waals surface area (Å²) in [6, 6.07) is 14.8. The van der Waals surface area contributed by atoms with Crippen LogP contribution in [0.2, 0.25) is 0 Å². The number of H-pyrrole nitrogens is 1. The summed E-state index contributed by atoms with van der Waals surface area (Å²) >= 11 is 0. The largest absolute Gasteiger partial charge is 0.378 e. The van der Waals surface area contributed by atoms with Gasteiger partial charge in [-0.25, -0.2) is 0 Å². The van der Waals surface area contributed by atoms with Gasteiger partial charge in [-0.1, -0.05) is 30.4 Å². The van der Waals surface area contributed by atoms with Crippen molar-refractivity contribution >= 4 is 22.4 Å². The van der Waals surface area contributed by atoms with E-state index >= 15 is 0 Å². The first-order valence-electron chi connectivity index (χ1n) is 8.86. The zero-order chi connectivity index (χ0) is 17.0. The number of hydrogen-bond donors (Lipinski definition) is 2. The van der Waals surface area contributed by atoms with Gasteiger partial charge in [-0.05, 0) is 54.7 Å². The van der Waals surface area contributed by atoms with Crippen molar-refractivity contribution in [2.24, 2.45) is 5.92 Å². The minimum absolute atomic E-state index is 0.125. The zero-order valence-electron chi connectivity index (χ0n) is 14.1. The van der Waals surface area contributed by atoms with Gasteiger partial charge >= 0.3 is 0 Å². The van der Waals surface area contributed by atoms with Gasteiger partial charge in [-0.15, -0.1) is 0 Å². The quantitative estimate of drug-likeness (QED) is 0.502. The van der Waals surface area contributed by atoms with E-state index in [0.717, 1.165) is 17.7 Å². The Balaban J connectivity index is 1.63. The minimum atomic E-state index is 0.125. The maximum Gasteiger partial charge on any atom is 0.159 e. The number of nitrogens with one attached hydrogen (secondary N) is 2. The van der Waals surface area contributed by atoms with Crippen molar-refractivity contribution in [3.63, 3.8) is 0 Å². The molecule has 3 atom stereocenters. The molecule has 124 valence electrons. The summed E-state index contributed by atoms with van der Waals surface area (Å²) in [5.41, 5.74) is 5.70. The van der Waals surface area contributed by atoms with Crippen molar-refractivity contribution in [3.8, 4) is 0 Å². The Morgan fingerprint density at radius 2 is 2.00 bits per heavy atom. The van der Waals surface area contributed by atoms with E-state index in [4.69, 9.17) is 0 Å². The first-order valence-corrected chi connectivity index (χ1v) is 8.86. The Morgan fingerprint density at radius 3 is 2.88 bits per heavy atom. The van der Waals surface area contributed by atoms with Crippen molar-refractivity contribution in [2.75, 3.05) is 5.32 Å². The number of aromatic amines is 1. The number of ketones is 1. The maximum absolute atomic E-state index is 11.8. The van der Waals surface area contributed by atoms with Crippen LogP contribution in [0.5, 0.6) is 0 Å². The number of carbonyl (C=O) groups is 1. The summed E-state index contributed by atoms with van der Waals surface area (Å²) < 4.78 is 0. The highest BCUT2D eigenvalue weighted by atomic mass is 16.1. The molecule has 3 nitrogen and oxygen atoms in total. The van der Waals surface area contributed by atoms with Gasteiger partial charge in [0.1, 0.15) is 0 Å². The summed E-state index contributed by atoms with van der Waals surface area (Å²) in [4.78, 5) is 15.2. The number of anilines is 1. The summed E-state index contributed by atoms with van der Waals surface area (Å²) in [6.07, 6.45) is 7.81. The van der Waals surface area contributed by atoms with Crippen LogP contribution in [0, 0.1) is 5.92 Å². The summed E-state index contributed by atoms with van der Waals surface area (Å²) in [6.45, 7) is 1.63. The van der Waals surface area contributed by atoms with Crippen molar-refractivity contribution in [3.05, 3.63) is 77.5 Å². The van der Waals surface area contributed by atoms with Gasteiger partial charge in [-0.2, -0.15) is 0 Å². The minimum Gasteiger partial charge on any atom is -0.378 e. The molecule has 5 rings (SSSR count). The van der Waals surface area contributed by atoms with Crippen LogP contribution in [-0.4, -0.2) is 10.8 Å². The second kappa shape index (κ2) is 5.35. The van der Waals surface area contributed by atoms with Gasteiger partial charge < -0.3 is 10.3 Å². The molecule has 25 heavy (non-hydrogen) atoms. The van der Waals surface area contributed by atoms with Gasteiger partial charge in [-0.3, -0.25) is 4.79 Å². The lowest BCUT2D eigenvalue weighted by atomic mass is 9.76. The molecule has 0 saturated heterocycles. The average Bonchev–Trinajstić information content (AvgIpc) is 3.28. The number of hydrogen-bond acceptors (Lipinski definition) is 2. The molecule has 1 aliphatic carbocycles. The lowest BCUT2D eigenvalue weighted by Gasteiger charge is -2.37. The van der Waals surface area contributed by atoms with E-state index in [1.165, 1.54) is 22.0 Å². The van der Waals surface area contributed by atoms with Crippen LogP contribution in [-0.2, 0) is 0 Å². The first kappa shape index (κ1) is 14.5. The fraction of sp³-hybridized carbons (Fsp3) is 0.227. The number of fused-ring (bicyclic) bond motifs is 4. The molecule has 0 bridgehead atoms. The van der Waals surface area contributed by atoms with Crippen molar-refractivity contribution in [1.82, 2.24) is 4.98 Å². The van der Waals surface area contributed by atoms with Gasteiger partial charge in [0.2, 0.25) is 0 Å².